The van der Waals surface area contributed by atoms with Crippen molar-refractivity contribution in [2.45, 2.75) is 78.3 Å². The molecule has 6 nitrogen and oxygen atoms in total. The number of carbonyl (C=O) groups excluding carboxylic acids is 1. The van der Waals surface area contributed by atoms with Crippen molar-refractivity contribution in [1.29, 1.82) is 0 Å². The summed E-state index contributed by atoms with van der Waals surface area (Å²) in [5.41, 5.74) is 4.01. The fourth-order valence-corrected chi connectivity index (χ4v) is 3.73. The van der Waals surface area contributed by atoms with Gasteiger partial charge in [0.15, 0.2) is 5.79 Å². The minimum absolute atomic E-state index is 0.0355. The zero-order chi connectivity index (χ0) is 21.4. The van der Waals surface area contributed by atoms with E-state index in [0.29, 0.717) is 19.7 Å². The van der Waals surface area contributed by atoms with E-state index in [1.54, 1.807) is 4.90 Å². The number of hydrogen-bond donors (Lipinski definition) is 0. The van der Waals surface area contributed by atoms with Gasteiger partial charge in [0.2, 0.25) is 0 Å². The Kier molecular flexibility index (Phi) is 6.06. The summed E-state index contributed by atoms with van der Waals surface area (Å²) in [6.45, 7) is 15.6. The van der Waals surface area contributed by atoms with E-state index in [0.717, 1.165) is 23.2 Å². The maximum atomic E-state index is 12.3. The van der Waals surface area contributed by atoms with E-state index in [1.807, 2.05) is 40.8 Å². The summed E-state index contributed by atoms with van der Waals surface area (Å²) in [7, 11) is 0. The van der Waals surface area contributed by atoms with Crippen LogP contribution in [0.3, 0.4) is 0 Å². The van der Waals surface area contributed by atoms with Crippen LogP contribution in [0.5, 0.6) is 0 Å². The summed E-state index contributed by atoms with van der Waals surface area (Å²) in [6, 6.07) is 2.20. The maximum Gasteiger partial charge on any atom is 0.410 e. The van der Waals surface area contributed by atoms with Crippen LogP contribution in [0.4, 0.5) is 4.79 Å². The average molecular weight is 403 g/mol. The van der Waals surface area contributed by atoms with Gasteiger partial charge in [-0.3, -0.25) is 4.98 Å². The third-order valence-corrected chi connectivity index (χ3v) is 5.38. The zero-order valence-corrected chi connectivity index (χ0v) is 18.7. The topological polar surface area (TPSA) is 60.9 Å². The number of hydrogen-bond acceptors (Lipinski definition) is 5. The predicted octanol–water partition coefficient (Wildman–Crippen LogP) is 4.67. The molecule has 1 fully saturated rings. The Hall–Kier alpha value is -1.92. The molecule has 1 aromatic rings. The smallest absolute Gasteiger partial charge is 0.410 e. The highest BCUT2D eigenvalue weighted by atomic mass is 16.7. The second-order valence-corrected chi connectivity index (χ2v) is 9.50. The molecule has 1 saturated heterocycles. The quantitative estimate of drug-likeness (QED) is 0.735. The maximum absolute atomic E-state index is 12.3. The molecule has 1 amide bonds. The molecule has 0 radical (unpaired) electrons. The molecule has 3 heterocycles. The summed E-state index contributed by atoms with van der Waals surface area (Å²) in [6.07, 6.45) is 4.58. The average Bonchev–Trinajstić information content (AvgIpc) is 2.99. The van der Waals surface area contributed by atoms with E-state index in [9.17, 15) is 4.79 Å². The molecule has 2 atom stereocenters. The number of amides is 1. The summed E-state index contributed by atoms with van der Waals surface area (Å²) in [4.78, 5) is 18.7. The standard InChI is InChI=1S/C23H34N2O4/c1-15-12-18(16(2)19-14-27-23(6,7)28-19)13-24-20(15)17-8-10-25(11-9-17)21(26)29-22(3,4)5/h8,12-13,16,19H,9-11,14H2,1-7H3/t16-,19-/m0/s1. The largest absolute Gasteiger partial charge is 0.444 e. The van der Waals surface area contributed by atoms with Gasteiger partial charge < -0.3 is 19.1 Å². The van der Waals surface area contributed by atoms with Gasteiger partial charge in [-0.1, -0.05) is 19.1 Å². The number of rotatable bonds is 3. The lowest BCUT2D eigenvalue weighted by atomic mass is 9.93. The van der Waals surface area contributed by atoms with Gasteiger partial charge in [-0.05, 0) is 64.7 Å². The normalized spacial score (nSPS) is 22.9. The van der Waals surface area contributed by atoms with E-state index in [4.69, 9.17) is 19.2 Å². The van der Waals surface area contributed by atoms with Crippen LogP contribution in [0, 0.1) is 6.92 Å². The number of carbonyl (C=O) groups is 1. The Balaban J connectivity index is 1.67. The van der Waals surface area contributed by atoms with Gasteiger partial charge in [-0.15, -0.1) is 0 Å². The molecule has 0 spiro atoms. The lowest BCUT2D eigenvalue weighted by molar-refractivity contribution is -0.140. The van der Waals surface area contributed by atoms with Gasteiger partial charge in [-0.2, -0.15) is 0 Å². The highest BCUT2D eigenvalue weighted by molar-refractivity contribution is 5.72. The van der Waals surface area contributed by atoms with Crippen LogP contribution in [0.15, 0.2) is 18.3 Å². The van der Waals surface area contributed by atoms with Crippen LogP contribution in [0.25, 0.3) is 5.57 Å². The molecule has 0 N–H and O–H groups in total. The molecule has 0 aromatic carbocycles. The lowest BCUT2D eigenvalue weighted by Gasteiger charge is -2.29. The molecule has 0 bridgehead atoms. The van der Waals surface area contributed by atoms with Crippen molar-refractivity contribution in [3.63, 3.8) is 0 Å². The molecule has 2 aliphatic rings. The van der Waals surface area contributed by atoms with Gasteiger partial charge >= 0.3 is 6.09 Å². The fraction of sp³-hybridized carbons (Fsp3) is 0.652. The minimum Gasteiger partial charge on any atom is -0.444 e. The highest BCUT2D eigenvalue weighted by Gasteiger charge is 2.36. The van der Waals surface area contributed by atoms with Crippen LogP contribution < -0.4 is 0 Å². The molecule has 1 aromatic heterocycles. The summed E-state index contributed by atoms with van der Waals surface area (Å²) >= 11 is 0. The third kappa shape index (κ3) is 5.37. The minimum atomic E-state index is -0.520. The molecule has 160 valence electrons. The Morgan fingerprint density at radius 2 is 2.10 bits per heavy atom. The number of aromatic nitrogens is 1. The van der Waals surface area contributed by atoms with E-state index in [-0.39, 0.29) is 18.1 Å². The summed E-state index contributed by atoms with van der Waals surface area (Å²) < 4.78 is 17.2. The first-order valence-electron chi connectivity index (χ1n) is 10.4. The molecule has 2 aliphatic heterocycles. The van der Waals surface area contributed by atoms with Crippen molar-refractivity contribution in [2.24, 2.45) is 0 Å². The van der Waals surface area contributed by atoms with Crippen LogP contribution in [0.2, 0.25) is 0 Å². The van der Waals surface area contributed by atoms with Crippen molar-refractivity contribution < 1.29 is 19.0 Å². The van der Waals surface area contributed by atoms with Gasteiger partial charge in [0.25, 0.3) is 0 Å². The van der Waals surface area contributed by atoms with Crippen molar-refractivity contribution in [1.82, 2.24) is 9.88 Å². The van der Waals surface area contributed by atoms with Gasteiger partial charge in [-0.25, -0.2) is 4.79 Å². The first-order chi connectivity index (χ1) is 13.5. The van der Waals surface area contributed by atoms with Crippen LogP contribution >= 0.6 is 0 Å². The van der Waals surface area contributed by atoms with Gasteiger partial charge in [0, 0.05) is 25.2 Å². The van der Waals surface area contributed by atoms with Crippen LogP contribution in [-0.2, 0) is 14.2 Å². The molecule has 0 aliphatic carbocycles. The first kappa shape index (κ1) is 21.8. The number of aryl methyl sites for hydroxylation is 1. The van der Waals surface area contributed by atoms with Crippen molar-refractivity contribution in [3.05, 3.63) is 35.2 Å². The molecular weight excluding hydrogens is 368 g/mol. The number of ether oxygens (including phenoxy) is 3. The third-order valence-electron chi connectivity index (χ3n) is 5.38. The second-order valence-electron chi connectivity index (χ2n) is 9.50. The van der Waals surface area contributed by atoms with Crippen molar-refractivity contribution in [3.8, 4) is 0 Å². The van der Waals surface area contributed by atoms with Crippen LogP contribution in [0.1, 0.15) is 70.7 Å². The molecule has 3 rings (SSSR count). The Labute approximate surface area is 174 Å². The molecule has 0 saturated carbocycles. The van der Waals surface area contributed by atoms with Crippen molar-refractivity contribution in [2.75, 3.05) is 19.7 Å². The molecule has 29 heavy (non-hydrogen) atoms. The monoisotopic (exact) mass is 402 g/mol. The first-order valence-corrected chi connectivity index (χ1v) is 10.4. The van der Waals surface area contributed by atoms with E-state index < -0.39 is 11.4 Å². The fourth-order valence-electron chi connectivity index (χ4n) is 3.73. The Morgan fingerprint density at radius 1 is 1.38 bits per heavy atom. The van der Waals surface area contributed by atoms with E-state index in [2.05, 4.69) is 26.0 Å². The van der Waals surface area contributed by atoms with Crippen molar-refractivity contribution >= 4 is 11.7 Å². The zero-order valence-electron chi connectivity index (χ0n) is 18.7. The van der Waals surface area contributed by atoms with E-state index in [1.165, 1.54) is 5.57 Å². The lowest BCUT2D eigenvalue weighted by Crippen LogP contribution is -2.39. The van der Waals surface area contributed by atoms with Crippen LogP contribution in [-0.4, -0.2) is 53.2 Å². The van der Waals surface area contributed by atoms with E-state index >= 15 is 0 Å². The number of nitrogens with zero attached hydrogens (tertiary/aromatic N) is 2. The Bertz CT molecular complexity index is 795. The molecule has 0 unspecified atom stereocenters. The molecule has 6 heteroatoms. The molecular formula is C23H34N2O4. The number of pyridine rings is 1. The Morgan fingerprint density at radius 3 is 2.62 bits per heavy atom. The van der Waals surface area contributed by atoms with Gasteiger partial charge in [0.1, 0.15) is 5.60 Å². The SMILES string of the molecule is Cc1cc([C@H](C)[C@@H]2COC(C)(C)O2)cnc1C1=CCN(C(=O)OC(C)(C)C)CC1. The van der Waals surface area contributed by atoms with Gasteiger partial charge in [0.05, 0.1) is 18.4 Å². The highest BCUT2D eigenvalue weighted by Crippen LogP contribution is 2.33. The summed E-state index contributed by atoms with van der Waals surface area (Å²) in [5, 5.41) is 0. The second kappa shape index (κ2) is 8.07. The predicted molar refractivity (Wildman–Crippen MR) is 113 cm³/mol. The summed E-state index contributed by atoms with van der Waals surface area (Å²) in [5.74, 6) is -0.311.